The summed E-state index contributed by atoms with van der Waals surface area (Å²) >= 11 is 0. The fourth-order valence-corrected chi connectivity index (χ4v) is 1.12. The molecule has 0 atom stereocenters. The zero-order valence-electron chi connectivity index (χ0n) is 9.76. The number of benzene rings is 1. The van der Waals surface area contributed by atoms with Crippen molar-refractivity contribution in [3.8, 4) is 0 Å². The van der Waals surface area contributed by atoms with Gasteiger partial charge in [-0.15, -0.1) is 0 Å². The van der Waals surface area contributed by atoms with E-state index in [-0.39, 0.29) is 5.82 Å². The van der Waals surface area contributed by atoms with Crippen LogP contribution in [0.5, 0.6) is 0 Å². The number of hydrogen-bond donors (Lipinski definition) is 0. The van der Waals surface area contributed by atoms with E-state index in [0.717, 1.165) is 11.1 Å². The van der Waals surface area contributed by atoms with Gasteiger partial charge < -0.3 is 4.90 Å². The summed E-state index contributed by atoms with van der Waals surface area (Å²) in [4.78, 5) is 1.95. The monoisotopic (exact) mass is 197 g/mol. The van der Waals surface area contributed by atoms with Crippen molar-refractivity contribution in [3.05, 3.63) is 35.1 Å². The Kier molecular flexibility index (Phi) is 6.13. The Balaban J connectivity index is 0.000000791. The molecule has 1 nitrogen and oxygen atoms in total. The van der Waals surface area contributed by atoms with Crippen molar-refractivity contribution in [2.45, 2.75) is 27.3 Å². The molecule has 0 spiro atoms. The van der Waals surface area contributed by atoms with Crippen LogP contribution in [0, 0.1) is 12.7 Å². The van der Waals surface area contributed by atoms with E-state index in [9.17, 15) is 4.39 Å². The normalized spacial score (nSPS) is 9.64. The average molecular weight is 197 g/mol. The lowest BCUT2D eigenvalue weighted by atomic mass is 10.1. The highest BCUT2D eigenvalue weighted by Gasteiger charge is 2.02. The SMILES string of the molecule is CC.Cc1ccc(CN(C)C)c(F)c1. The minimum absolute atomic E-state index is 0.108. The summed E-state index contributed by atoms with van der Waals surface area (Å²) < 4.78 is 13.2. The predicted octanol–water partition coefficient (Wildman–Crippen LogP) is 3.22. The van der Waals surface area contributed by atoms with E-state index in [1.165, 1.54) is 0 Å². The molecule has 0 heterocycles. The lowest BCUT2D eigenvalue weighted by Crippen LogP contribution is -2.11. The molecule has 0 saturated heterocycles. The molecule has 0 radical (unpaired) electrons. The second kappa shape index (κ2) is 6.55. The van der Waals surface area contributed by atoms with Crippen LogP contribution >= 0.6 is 0 Å². The van der Waals surface area contributed by atoms with Crippen molar-refractivity contribution in [3.63, 3.8) is 0 Å². The fourth-order valence-electron chi connectivity index (χ4n) is 1.12. The highest BCUT2D eigenvalue weighted by molar-refractivity contribution is 5.23. The van der Waals surface area contributed by atoms with Crippen LogP contribution in [0.15, 0.2) is 18.2 Å². The van der Waals surface area contributed by atoms with E-state index < -0.39 is 0 Å². The van der Waals surface area contributed by atoms with Crippen LogP contribution in [0.2, 0.25) is 0 Å². The number of aryl methyl sites for hydroxylation is 1. The van der Waals surface area contributed by atoms with E-state index in [4.69, 9.17) is 0 Å². The third-order valence-corrected chi connectivity index (χ3v) is 1.70. The first-order valence-corrected chi connectivity index (χ1v) is 4.99. The first-order valence-electron chi connectivity index (χ1n) is 4.99. The molecule has 0 aliphatic heterocycles. The second-order valence-corrected chi connectivity index (χ2v) is 3.33. The lowest BCUT2D eigenvalue weighted by Gasteiger charge is -2.10. The fraction of sp³-hybridized carbons (Fsp3) is 0.500. The highest BCUT2D eigenvalue weighted by Crippen LogP contribution is 2.10. The zero-order chi connectivity index (χ0) is 11.1. The molecule has 1 aromatic rings. The van der Waals surface area contributed by atoms with Gasteiger partial charge in [0.2, 0.25) is 0 Å². The van der Waals surface area contributed by atoms with Gasteiger partial charge in [-0.1, -0.05) is 26.0 Å². The molecule has 80 valence electrons. The number of hydrogen-bond acceptors (Lipinski definition) is 1. The molecule has 0 bridgehead atoms. The van der Waals surface area contributed by atoms with Crippen molar-refractivity contribution < 1.29 is 4.39 Å². The molecule has 0 aliphatic rings. The van der Waals surface area contributed by atoms with E-state index in [1.807, 2.05) is 51.9 Å². The highest BCUT2D eigenvalue weighted by atomic mass is 19.1. The van der Waals surface area contributed by atoms with Crippen LogP contribution in [-0.2, 0) is 6.54 Å². The van der Waals surface area contributed by atoms with Crippen LogP contribution in [-0.4, -0.2) is 19.0 Å². The van der Waals surface area contributed by atoms with Crippen LogP contribution in [0.4, 0.5) is 4.39 Å². The van der Waals surface area contributed by atoms with Gasteiger partial charge in [0.05, 0.1) is 0 Å². The van der Waals surface area contributed by atoms with Gasteiger partial charge >= 0.3 is 0 Å². The van der Waals surface area contributed by atoms with Crippen molar-refractivity contribution in [1.29, 1.82) is 0 Å². The van der Waals surface area contributed by atoms with Gasteiger partial charge in [0, 0.05) is 12.1 Å². The summed E-state index contributed by atoms with van der Waals surface area (Å²) in [6.07, 6.45) is 0. The van der Waals surface area contributed by atoms with Crippen LogP contribution in [0.3, 0.4) is 0 Å². The molecule has 0 unspecified atom stereocenters. The summed E-state index contributed by atoms with van der Waals surface area (Å²) in [5, 5.41) is 0. The van der Waals surface area contributed by atoms with Gasteiger partial charge in [-0.2, -0.15) is 0 Å². The second-order valence-electron chi connectivity index (χ2n) is 3.33. The third kappa shape index (κ3) is 4.38. The Bertz CT molecular complexity index is 269. The van der Waals surface area contributed by atoms with Gasteiger partial charge in [-0.3, -0.25) is 0 Å². The van der Waals surface area contributed by atoms with Crippen molar-refractivity contribution in [1.82, 2.24) is 4.90 Å². The number of halogens is 1. The molecule has 0 saturated carbocycles. The minimum atomic E-state index is -0.108. The number of rotatable bonds is 2. The molecular formula is C12H20FN. The Morgan fingerprint density at radius 3 is 2.21 bits per heavy atom. The Morgan fingerprint density at radius 2 is 1.79 bits per heavy atom. The predicted molar refractivity (Wildman–Crippen MR) is 59.9 cm³/mol. The molecule has 0 fully saturated rings. The molecule has 0 aromatic heterocycles. The quantitative estimate of drug-likeness (QED) is 0.703. The van der Waals surface area contributed by atoms with Gasteiger partial charge in [0.15, 0.2) is 0 Å². The topological polar surface area (TPSA) is 3.24 Å². The van der Waals surface area contributed by atoms with Gasteiger partial charge in [0.25, 0.3) is 0 Å². The van der Waals surface area contributed by atoms with Gasteiger partial charge in [0.1, 0.15) is 5.82 Å². The van der Waals surface area contributed by atoms with Crippen LogP contribution in [0.1, 0.15) is 25.0 Å². The summed E-state index contributed by atoms with van der Waals surface area (Å²) in [6.45, 7) is 6.55. The largest absolute Gasteiger partial charge is 0.305 e. The smallest absolute Gasteiger partial charge is 0.127 e. The molecule has 14 heavy (non-hydrogen) atoms. The molecule has 0 aliphatic carbocycles. The Morgan fingerprint density at radius 1 is 1.21 bits per heavy atom. The maximum atomic E-state index is 13.2. The van der Waals surface area contributed by atoms with Gasteiger partial charge in [-0.25, -0.2) is 4.39 Å². The van der Waals surface area contributed by atoms with E-state index in [2.05, 4.69) is 0 Å². The molecule has 1 rings (SSSR count). The zero-order valence-corrected chi connectivity index (χ0v) is 9.76. The average Bonchev–Trinajstić information content (AvgIpc) is 2.13. The minimum Gasteiger partial charge on any atom is -0.305 e. The third-order valence-electron chi connectivity index (χ3n) is 1.70. The van der Waals surface area contributed by atoms with E-state index in [1.54, 1.807) is 6.07 Å². The summed E-state index contributed by atoms with van der Waals surface area (Å²) in [5.74, 6) is -0.108. The lowest BCUT2D eigenvalue weighted by molar-refractivity contribution is 0.392. The molecule has 0 N–H and O–H groups in total. The maximum Gasteiger partial charge on any atom is 0.127 e. The van der Waals surface area contributed by atoms with Gasteiger partial charge in [-0.05, 0) is 32.6 Å². The standard InChI is InChI=1S/C10H14FN.C2H6/c1-8-4-5-9(7-12(2)3)10(11)6-8;1-2/h4-6H,7H2,1-3H3;1-2H3. The first-order chi connectivity index (χ1) is 6.59. The Hall–Kier alpha value is -0.890. The first kappa shape index (κ1) is 13.1. The molecular weight excluding hydrogens is 177 g/mol. The van der Waals surface area contributed by atoms with E-state index >= 15 is 0 Å². The van der Waals surface area contributed by atoms with Crippen LogP contribution in [0.25, 0.3) is 0 Å². The van der Waals surface area contributed by atoms with E-state index in [0.29, 0.717) is 6.54 Å². The summed E-state index contributed by atoms with van der Waals surface area (Å²) in [5.41, 5.74) is 1.72. The Labute approximate surface area is 86.6 Å². The molecule has 0 amide bonds. The van der Waals surface area contributed by atoms with Crippen molar-refractivity contribution in [2.75, 3.05) is 14.1 Å². The summed E-state index contributed by atoms with van der Waals surface area (Å²) in [6, 6.07) is 5.34. The molecule has 1 aromatic carbocycles. The van der Waals surface area contributed by atoms with Crippen LogP contribution < -0.4 is 0 Å². The number of nitrogens with zero attached hydrogens (tertiary/aromatic N) is 1. The summed E-state index contributed by atoms with van der Waals surface area (Å²) in [7, 11) is 3.86. The van der Waals surface area contributed by atoms with Crippen molar-refractivity contribution >= 4 is 0 Å². The van der Waals surface area contributed by atoms with Crippen molar-refractivity contribution in [2.24, 2.45) is 0 Å². The maximum absolute atomic E-state index is 13.2. The molecule has 2 heteroatoms.